The molecule has 18 heavy (non-hydrogen) atoms. The van der Waals surface area contributed by atoms with Crippen molar-refractivity contribution in [2.45, 2.75) is 39.2 Å². The highest BCUT2D eigenvalue weighted by Crippen LogP contribution is 2.26. The number of aromatic nitrogens is 2. The van der Waals surface area contributed by atoms with Gasteiger partial charge < -0.3 is 5.11 Å². The largest absolute Gasteiger partial charge is 0.387 e. The van der Waals surface area contributed by atoms with Crippen molar-refractivity contribution in [1.82, 2.24) is 9.78 Å². The van der Waals surface area contributed by atoms with Gasteiger partial charge in [0.25, 0.3) is 0 Å². The van der Waals surface area contributed by atoms with Gasteiger partial charge in [-0.3, -0.25) is 4.68 Å². The molecule has 0 aromatic carbocycles. The van der Waals surface area contributed by atoms with Crippen molar-refractivity contribution in [1.29, 1.82) is 0 Å². The highest BCUT2D eigenvalue weighted by atomic mass is 32.1. The van der Waals surface area contributed by atoms with Crippen molar-refractivity contribution in [3.05, 3.63) is 39.3 Å². The highest BCUT2D eigenvalue weighted by Gasteiger charge is 2.14. The first-order valence-corrected chi connectivity index (χ1v) is 7.24. The minimum atomic E-state index is -0.421. The summed E-state index contributed by atoms with van der Waals surface area (Å²) in [5, 5.41) is 14.7. The molecule has 1 unspecified atom stereocenters. The molecule has 0 bridgehead atoms. The Balaban J connectivity index is 2.10. The second-order valence-electron chi connectivity index (χ2n) is 4.48. The van der Waals surface area contributed by atoms with Gasteiger partial charge in [-0.05, 0) is 31.0 Å². The molecule has 0 aliphatic heterocycles. The Morgan fingerprint density at radius 1 is 1.33 bits per heavy atom. The Morgan fingerprint density at radius 2 is 2.11 bits per heavy atom. The molecule has 2 aromatic heterocycles. The molecule has 0 fully saturated rings. The summed E-state index contributed by atoms with van der Waals surface area (Å²) in [6, 6.07) is 6.22. The summed E-state index contributed by atoms with van der Waals surface area (Å²) in [5.41, 5.74) is 2.17. The summed E-state index contributed by atoms with van der Waals surface area (Å²) in [6.45, 7) is 4.23. The number of rotatable bonds is 5. The van der Waals surface area contributed by atoms with E-state index in [9.17, 15) is 5.11 Å². The number of aryl methyl sites for hydroxylation is 3. The molecule has 98 valence electrons. The van der Waals surface area contributed by atoms with Crippen molar-refractivity contribution in [3.63, 3.8) is 0 Å². The predicted octanol–water partition coefficient (Wildman–Crippen LogP) is 2.88. The monoisotopic (exact) mass is 264 g/mol. The van der Waals surface area contributed by atoms with E-state index in [1.54, 1.807) is 11.3 Å². The van der Waals surface area contributed by atoms with E-state index in [1.165, 1.54) is 4.88 Å². The quantitative estimate of drug-likeness (QED) is 0.901. The maximum atomic E-state index is 10.3. The summed E-state index contributed by atoms with van der Waals surface area (Å²) in [7, 11) is 1.94. The number of thiophene rings is 1. The van der Waals surface area contributed by atoms with Crippen LogP contribution < -0.4 is 0 Å². The molecular formula is C14H20N2OS. The fourth-order valence-corrected chi connectivity index (χ4v) is 2.94. The van der Waals surface area contributed by atoms with Gasteiger partial charge in [0.2, 0.25) is 0 Å². The Labute approximate surface area is 112 Å². The Morgan fingerprint density at radius 3 is 2.67 bits per heavy atom. The lowest BCUT2D eigenvalue weighted by Gasteiger charge is -2.08. The van der Waals surface area contributed by atoms with Gasteiger partial charge in [0.05, 0.1) is 11.8 Å². The van der Waals surface area contributed by atoms with Crippen molar-refractivity contribution < 1.29 is 5.11 Å². The molecule has 0 spiro atoms. The lowest BCUT2D eigenvalue weighted by Crippen LogP contribution is -2.05. The lowest BCUT2D eigenvalue weighted by atomic mass is 10.1. The second kappa shape index (κ2) is 5.67. The van der Waals surface area contributed by atoms with Crippen LogP contribution in [-0.2, 0) is 26.3 Å². The zero-order chi connectivity index (χ0) is 13.1. The van der Waals surface area contributed by atoms with Crippen LogP contribution in [0.1, 0.15) is 41.1 Å². The zero-order valence-corrected chi connectivity index (χ0v) is 12.0. The minimum Gasteiger partial charge on any atom is -0.387 e. The number of hydrogen-bond donors (Lipinski definition) is 1. The van der Waals surface area contributed by atoms with Gasteiger partial charge in [-0.15, -0.1) is 11.3 Å². The van der Waals surface area contributed by atoms with Gasteiger partial charge in [0, 0.05) is 28.9 Å². The van der Waals surface area contributed by atoms with E-state index in [0.717, 1.165) is 29.1 Å². The van der Waals surface area contributed by atoms with E-state index < -0.39 is 6.10 Å². The molecule has 1 N–H and O–H groups in total. The van der Waals surface area contributed by atoms with Gasteiger partial charge >= 0.3 is 0 Å². The van der Waals surface area contributed by atoms with Gasteiger partial charge in [-0.1, -0.05) is 13.8 Å². The van der Waals surface area contributed by atoms with E-state index >= 15 is 0 Å². The van der Waals surface area contributed by atoms with Crippen molar-refractivity contribution in [3.8, 4) is 0 Å². The van der Waals surface area contributed by atoms with Crippen molar-refractivity contribution in [2.24, 2.45) is 7.05 Å². The third-order valence-electron chi connectivity index (χ3n) is 3.15. The van der Waals surface area contributed by atoms with Crippen LogP contribution in [0.25, 0.3) is 0 Å². The van der Waals surface area contributed by atoms with Gasteiger partial charge in [-0.2, -0.15) is 5.10 Å². The molecule has 2 heterocycles. The van der Waals surface area contributed by atoms with E-state index in [0.29, 0.717) is 6.42 Å². The second-order valence-corrected chi connectivity index (χ2v) is 5.68. The van der Waals surface area contributed by atoms with Crippen LogP contribution >= 0.6 is 11.3 Å². The first kappa shape index (κ1) is 13.3. The molecule has 0 amide bonds. The van der Waals surface area contributed by atoms with Gasteiger partial charge in [0.15, 0.2) is 0 Å². The fraction of sp³-hybridized carbons (Fsp3) is 0.500. The van der Waals surface area contributed by atoms with E-state index in [-0.39, 0.29) is 0 Å². The molecule has 2 aromatic rings. The van der Waals surface area contributed by atoms with Crippen LogP contribution in [0.5, 0.6) is 0 Å². The average molecular weight is 264 g/mol. The molecular weight excluding hydrogens is 244 g/mol. The number of aliphatic hydroxyl groups is 1. The van der Waals surface area contributed by atoms with E-state index in [4.69, 9.17) is 0 Å². The Kier molecular flexibility index (Phi) is 4.19. The molecule has 0 aliphatic rings. The maximum Gasteiger partial charge on any atom is 0.0937 e. The number of hydrogen-bond acceptors (Lipinski definition) is 3. The summed E-state index contributed by atoms with van der Waals surface area (Å²) < 4.78 is 1.87. The van der Waals surface area contributed by atoms with Gasteiger partial charge in [-0.25, -0.2) is 0 Å². The van der Waals surface area contributed by atoms with Crippen LogP contribution in [0.15, 0.2) is 18.2 Å². The topological polar surface area (TPSA) is 38.0 Å². The van der Waals surface area contributed by atoms with E-state index in [1.807, 2.05) is 17.8 Å². The van der Waals surface area contributed by atoms with Crippen molar-refractivity contribution >= 4 is 11.3 Å². The molecule has 2 rings (SSSR count). The molecule has 1 atom stereocenters. The lowest BCUT2D eigenvalue weighted by molar-refractivity contribution is 0.179. The van der Waals surface area contributed by atoms with Crippen molar-refractivity contribution in [2.75, 3.05) is 0 Å². The molecule has 0 saturated carbocycles. The van der Waals surface area contributed by atoms with Crippen LogP contribution in [0.4, 0.5) is 0 Å². The number of nitrogens with zero attached hydrogens (tertiary/aromatic N) is 2. The predicted molar refractivity (Wildman–Crippen MR) is 74.9 cm³/mol. The first-order chi connectivity index (χ1) is 8.63. The third-order valence-corrected chi connectivity index (χ3v) is 4.48. The fourth-order valence-electron chi connectivity index (χ4n) is 2.00. The normalized spacial score (nSPS) is 12.9. The Bertz CT molecular complexity index is 516. The van der Waals surface area contributed by atoms with Crippen LogP contribution in [0.2, 0.25) is 0 Å². The third kappa shape index (κ3) is 2.82. The number of aliphatic hydroxyl groups excluding tert-OH is 1. The van der Waals surface area contributed by atoms with E-state index in [2.05, 4.69) is 31.1 Å². The molecule has 0 radical (unpaired) electrons. The maximum absolute atomic E-state index is 10.3. The smallest absolute Gasteiger partial charge is 0.0937 e. The molecule has 0 aliphatic carbocycles. The zero-order valence-electron chi connectivity index (χ0n) is 11.2. The Hall–Kier alpha value is -1.13. The first-order valence-electron chi connectivity index (χ1n) is 6.42. The summed E-state index contributed by atoms with van der Waals surface area (Å²) in [6.07, 6.45) is 2.18. The van der Waals surface area contributed by atoms with Crippen LogP contribution in [0.3, 0.4) is 0 Å². The molecule has 3 nitrogen and oxygen atoms in total. The molecule has 4 heteroatoms. The average Bonchev–Trinajstić information content (AvgIpc) is 2.96. The summed E-state index contributed by atoms with van der Waals surface area (Å²) in [4.78, 5) is 2.37. The standard InChI is InChI=1S/C14H20N2OS/c1-4-10-8-11(16(3)15-10)9-13(17)14-7-6-12(5-2)18-14/h6-8,13,17H,4-5,9H2,1-3H3. The summed E-state index contributed by atoms with van der Waals surface area (Å²) >= 11 is 1.70. The summed E-state index contributed by atoms with van der Waals surface area (Å²) in [5.74, 6) is 0. The molecule has 0 saturated heterocycles. The van der Waals surface area contributed by atoms with Gasteiger partial charge in [0.1, 0.15) is 0 Å². The minimum absolute atomic E-state index is 0.421. The van der Waals surface area contributed by atoms with Crippen LogP contribution in [-0.4, -0.2) is 14.9 Å². The highest BCUT2D eigenvalue weighted by molar-refractivity contribution is 7.12. The SMILES string of the molecule is CCc1cc(CC(O)c2ccc(CC)s2)n(C)n1. The van der Waals surface area contributed by atoms with Crippen LogP contribution in [0, 0.1) is 0 Å².